The van der Waals surface area contributed by atoms with Gasteiger partial charge in [0.1, 0.15) is 0 Å². The van der Waals surface area contributed by atoms with E-state index >= 15 is 0 Å². The molecule has 7 nitrogen and oxygen atoms in total. The van der Waals surface area contributed by atoms with Crippen molar-refractivity contribution >= 4 is 11.9 Å². The van der Waals surface area contributed by atoms with Crippen LogP contribution >= 0.6 is 0 Å². The Labute approximate surface area is 93.6 Å². The first kappa shape index (κ1) is 12.4. The van der Waals surface area contributed by atoms with Crippen LogP contribution in [0.5, 0.6) is 0 Å². The first-order valence-corrected chi connectivity index (χ1v) is 5.02. The Balaban J connectivity index is 2.51. The van der Waals surface area contributed by atoms with Crippen molar-refractivity contribution in [2.45, 2.75) is 20.3 Å². The van der Waals surface area contributed by atoms with Crippen molar-refractivity contribution in [1.82, 2.24) is 10.2 Å². The lowest BCUT2D eigenvalue weighted by Crippen LogP contribution is -2.37. The van der Waals surface area contributed by atoms with Gasteiger partial charge in [-0.05, 0) is 13.8 Å². The van der Waals surface area contributed by atoms with E-state index in [1.165, 1.54) is 0 Å². The van der Waals surface area contributed by atoms with Crippen molar-refractivity contribution in [1.29, 1.82) is 0 Å². The molecule has 5 N–H and O–H groups in total. The first-order valence-electron chi connectivity index (χ1n) is 5.02. The summed E-state index contributed by atoms with van der Waals surface area (Å²) in [5, 5.41) is 10.4. The molecule has 0 unspecified atom stereocenters. The molecule has 0 radical (unpaired) electrons. The number of carbonyl (C=O) groups excluding carboxylic acids is 1. The second-order valence-corrected chi connectivity index (χ2v) is 4.14. The number of anilines is 1. The molecule has 0 saturated heterocycles. The highest BCUT2D eigenvalue weighted by atomic mass is 16.4. The minimum atomic E-state index is -0.664. The van der Waals surface area contributed by atoms with E-state index in [-0.39, 0.29) is 11.9 Å². The SMILES string of the molecule is CC(C)(CNc1nnc(CCN)o1)C(N)=O. The van der Waals surface area contributed by atoms with Gasteiger partial charge in [0.05, 0.1) is 5.41 Å². The van der Waals surface area contributed by atoms with Crippen LogP contribution in [0.2, 0.25) is 0 Å². The van der Waals surface area contributed by atoms with Gasteiger partial charge in [0.2, 0.25) is 11.8 Å². The summed E-state index contributed by atoms with van der Waals surface area (Å²) in [6.45, 7) is 4.26. The Morgan fingerprint density at radius 1 is 1.50 bits per heavy atom. The first-order chi connectivity index (χ1) is 7.45. The second-order valence-electron chi connectivity index (χ2n) is 4.14. The quantitative estimate of drug-likeness (QED) is 0.602. The van der Waals surface area contributed by atoms with Gasteiger partial charge in [-0.3, -0.25) is 4.79 Å². The summed E-state index contributed by atoms with van der Waals surface area (Å²) in [7, 11) is 0. The third kappa shape index (κ3) is 3.20. The fourth-order valence-electron chi connectivity index (χ4n) is 0.933. The lowest BCUT2D eigenvalue weighted by Gasteiger charge is -2.19. The highest BCUT2D eigenvalue weighted by Gasteiger charge is 2.25. The van der Waals surface area contributed by atoms with E-state index < -0.39 is 5.41 Å². The molecule has 0 aromatic carbocycles. The highest BCUT2D eigenvalue weighted by Crippen LogP contribution is 2.15. The molecule has 0 atom stereocenters. The average Bonchev–Trinajstić information content (AvgIpc) is 2.63. The molecule has 1 aromatic heterocycles. The zero-order chi connectivity index (χ0) is 12.2. The number of aromatic nitrogens is 2. The van der Waals surface area contributed by atoms with Crippen LogP contribution < -0.4 is 16.8 Å². The number of carbonyl (C=O) groups is 1. The highest BCUT2D eigenvalue weighted by molar-refractivity contribution is 5.80. The maximum absolute atomic E-state index is 11.0. The Morgan fingerprint density at radius 3 is 2.75 bits per heavy atom. The van der Waals surface area contributed by atoms with E-state index in [0.717, 1.165) is 0 Å². The van der Waals surface area contributed by atoms with Crippen LogP contribution in [0.3, 0.4) is 0 Å². The van der Waals surface area contributed by atoms with E-state index in [1.54, 1.807) is 13.8 Å². The van der Waals surface area contributed by atoms with Crippen molar-refractivity contribution in [3.8, 4) is 0 Å². The van der Waals surface area contributed by atoms with Crippen LogP contribution in [-0.2, 0) is 11.2 Å². The number of nitrogens with two attached hydrogens (primary N) is 2. The van der Waals surface area contributed by atoms with Crippen LogP contribution in [0.15, 0.2) is 4.42 Å². The Hall–Kier alpha value is -1.63. The predicted molar refractivity (Wildman–Crippen MR) is 58.5 cm³/mol. The van der Waals surface area contributed by atoms with Crippen molar-refractivity contribution in [2.24, 2.45) is 16.9 Å². The largest absolute Gasteiger partial charge is 0.408 e. The summed E-state index contributed by atoms with van der Waals surface area (Å²) < 4.78 is 5.23. The van der Waals surface area contributed by atoms with Gasteiger partial charge < -0.3 is 21.2 Å². The fourth-order valence-corrected chi connectivity index (χ4v) is 0.933. The molecule has 0 aliphatic carbocycles. The Morgan fingerprint density at radius 2 is 2.19 bits per heavy atom. The van der Waals surface area contributed by atoms with Gasteiger partial charge in [-0.1, -0.05) is 5.10 Å². The lowest BCUT2D eigenvalue weighted by atomic mass is 9.93. The van der Waals surface area contributed by atoms with Gasteiger partial charge in [0.25, 0.3) is 0 Å². The normalized spacial score (nSPS) is 11.4. The van der Waals surface area contributed by atoms with Crippen LogP contribution in [0.25, 0.3) is 0 Å². The van der Waals surface area contributed by atoms with Crippen LogP contribution in [0.1, 0.15) is 19.7 Å². The van der Waals surface area contributed by atoms with Gasteiger partial charge >= 0.3 is 6.01 Å². The number of hydrogen-bond donors (Lipinski definition) is 3. The summed E-state index contributed by atoms with van der Waals surface area (Å²) in [6.07, 6.45) is 0.536. The van der Waals surface area contributed by atoms with Gasteiger partial charge in [0, 0.05) is 19.5 Å². The van der Waals surface area contributed by atoms with Crippen LogP contribution in [0, 0.1) is 5.41 Å². The van der Waals surface area contributed by atoms with Crippen molar-refractivity contribution < 1.29 is 9.21 Å². The van der Waals surface area contributed by atoms with Crippen LogP contribution in [0.4, 0.5) is 6.01 Å². The van der Waals surface area contributed by atoms with E-state index in [2.05, 4.69) is 15.5 Å². The molecule has 0 spiro atoms. The van der Waals surface area contributed by atoms with Crippen molar-refractivity contribution in [3.05, 3.63) is 5.89 Å². The zero-order valence-electron chi connectivity index (χ0n) is 9.49. The molecule has 0 fully saturated rings. The molecule has 1 amide bonds. The monoisotopic (exact) mass is 227 g/mol. The molecular weight excluding hydrogens is 210 g/mol. The maximum atomic E-state index is 11.0. The van der Waals surface area contributed by atoms with Gasteiger partial charge in [-0.25, -0.2) is 0 Å². The molecule has 7 heteroatoms. The lowest BCUT2D eigenvalue weighted by molar-refractivity contribution is -0.125. The van der Waals surface area contributed by atoms with Crippen LogP contribution in [-0.4, -0.2) is 29.2 Å². The van der Waals surface area contributed by atoms with E-state index in [0.29, 0.717) is 25.4 Å². The van der Waals surface area contributed by atoms with E-state index in [1.807, 2.05) is 0 Å². The number of primary amides is 1. The van der Waals surface area contributed by atoms with E-state index in [9.17, 15) is 4.79 Å². The Bertz CT molecular complexity index is 361. The molecule has 1 aromatic rings. The summed E-state index contributed by atoms with van der Waals surface area (Å²) >= 11 is 0. The number of hydrogen-bond acceptors (Lipinski definition) is 6. The third-order valence-corrected chi connectivity index (χ3v) is 2.17. The number of nitrogens with one attached hydrogen (secondary N) is 1. The minimum absolute atomic E-state index is 0.276. The Kier molecular flexibility index (Phi) is 3.83. The third-order valence-electron chi connectivity index (χ3n) is 2.17. The zero-order valence-corrected chi connectivity index (χ0v) is 9.49. The minimum Gasteiger partial charge on any atom is -0.408 e. The smallest absolute Gasteiger partial charge is 0.315 e. The summed E-state index contributed by atoms with van der Waals surface area (Å²) in [5.74, 6) is 0.0866. The molecule has 16 heavy (non-hydrogen) atoms. The molecule has 0 saturated carbocycles. The number of amides is 1. The average molecular weight is 227 g/mol. The molecular formula is C9H17N5O2. The summed E-state index contributed by atoms with van der Waals surface area (Å²) in [4.78, 5) is 11.0. The molecule has 0 aliphatic heterocycles. The number of rotatable bonds is 6. The van der Waals surface area contributed by atoms with Gasteiger partial charge in [-0.2, -0.15) is 0 Å². The van der Waals surface area contributed by atoms with Crippen molar-refractivity contribution in [2.75, 3.05) is 18.4 Å². The fraction of sp³-hybridized carbons (Fsp3) is 0.667. The molecule has 0 aliphatic rings. The molecule has 1 heterocycles. The number of nitrogens with zero attached hydrogens (tertiary/aromatic N) is 2. The van der Waals surface area contributed by atoms with Crippen molar-refractivity contribution in [3.63, 3.8) is 0 Å². The predicted octanol–water partition coefficient (Wildman–Crippen LogP) is -0.506. The topological polar surface area (TPSA) is 120 Å². The maximum Gasteiger partial charge on any atom is 0.315 e. The summed E-state index contributed by atoms with van der Waals surface area (Å²) in [5.41, 5.74) is 9.90. The van der Waals surface area contributed by atoms with Gasteiger partial charge in [0.15, 0.2) is 0 Å². The summed E-state index contributed by atoms with van der Waals surface area (Å²) in [6, 6.07) is 0.276. The molecule has 0 bridgehead atoms. The van der Waals surface area contributed by atoms with Gasteiger partial charge in [-0.15, -0.1) is 5.10 Å². The molecule has 90 valence electrons. The standard InChI is InChI=1S/C9H17N5O2/c1-9(2,7(11)15)5-12-8-14-13-6(16-8)3-4-10/h3-5,10H2,1-2H3,(H2,11,15)(H,12,14). The van der Waals surface area contributed by atoms with E-state index in [4.69, 9.17) is 15.9 Å². The molecule has 1 rings (SSSR count). The second kappa shape index (κ2) is 4.93.